The van der Waals surface area contributed by atoms with E-state index < -0.39 is 0 Å². The Bertz CT molecular complexity index is 3140. The SMILES string of the molecule is CC1(C)c2ccc(-c3ccc(N(c4ccccc4)c4ccc(-c5ccc6c(c5)oc5ccccc56)cc4)cc3)cc2-c2cc(-c3ccccc3)cc(-c3ccccc3)c21. The van der Waals surface area contributed by atoms with Crippen LogP contribution in [-0.2, 0) is 5.41 Å². The Kier molecular flexibility index (Phi) is 8.20. The number of fused-ring (bicyclic) bond motifs is 6. The molecule has 0 N–H and O–H groups in total. The predicted octanol–water partition coefficient (Wildman–Crippen LogP) is 16.0. The third kappa shape index (κ3) is 5.96. The number of rotatable bonds is 7. The number of hydrogen-bond donors (Lipinski definition) is 0. The van der Waals surface area contributed by atoms with Crippen molar-refractivity contribution in [1.29, 1.82) is 0 Å². The highest BCUT2D eigenvalue weighted by molar-refractivity contribution is 6.06. The summed E-state index contributed by atoms with van der Waals surface area (Å²) >= 11 is 0. The zero-order valence-electron chi connectivity index (χ0n) is 33.1. The highest BCUT2D eigenvalue weighted by Crippen LogP contribution is 2.54. The van der Waals surface area contributed by atoms with Crippen LogP contribution < -0.4 is 4.90 Å². The van der Waals surface area contributed by atoms with Crippen LogP contribution >= 0.6 is 0 Å². The Morgan fingerprint density at radius 3 is 1.49 bits per heavy atom. The van der Waals surface area contributed by atoms with Gasteiger partial charge in [-0.3, -0.25) is 0 Å². The van der Waals surface area contributed by atoms with Crippen LogP contribution in [0.2, 0.25) is 0 Å². The highest BCUT2D eigenvalue weighted by atomic mass is 16.3. The molecule has 0 bridgehead atoms. The van der Waals surface area contributed by atoms with Gasteiger partial charge in [0, 0.05) is 33.2 Å². The Balaban J connectivity index is 0.952. The number of furan rings is 1. The summed E-state index contributed by atoms with van der Waals surface area (Å²) in [6.07, 6.45) is 0. The van der Waals surface area contributed by atoms with Crippen molar-refractivity contribution >= 4 is 39.0 Å². The average Bonchev–Trinajstić information content (AvgIpc) is 3.78. The molecular weight excluding hydrogens is 715 g/mol. The minimum Gasteiger partial charge on any atom is -0.456 e. The number of anilines is 3. The average molecular weight is 756 g/mol. The zero-order chi connectivity index (χ0) is 39.5. The van der Waals surface area contributed by atoms with E-state index in [0.29, 0.717) is 0 Å². The van der Waals surface area contributed by atoms with Crippen LogP contribution in [0.25, 0.3) is 77.6 Å². The molecule has 0 saturated carbocycles. The van der Waals surface area contributed by atoms with E-state index in [0.717, 1.165) is 50.1 Å². The maximum absolute atomic E-state index is 6.21. The van der Waals surface area contributed by atoms with Crippen LogP contribution in [0.5, 0.6) is 0 Å². The van der Waals surface area contributed by atoms with Crippen molar-refractivity contribution in [2.75, 3.05) is 4.90 Å². The summed E-state index contributed by atoms with van der Waals surface area (Å²) in [6, 6.07) is 76.8. The molecule has 1 heterocycles. The highest BCUT2D eigenvalue weighted by Gasteiger charge is 2.38. The van der Waals surface area contributed by atoms with Gasteiger partial charge >= 0.3 is 0 Å². The van der Waals surface area contributed by atoms with Gasteiger partial charge in [0.15, 0.2) is 0 Å². The molecule has 59 heavy (non-hydrogen) atoms. The Hall–Kier alpha value is -7.42. The van der Waals surface area contributed by atoms with Gasteiger partial charge in [0.25, 0.3) is 0 Å². The minimum absolute atomic E-state index is 0.153. The molecule has 9 aromatic carbocycles. The quantitative estimate of drug-likeness (QED) is 0.161. The van der Waals surface area contributed by atoms with E-state index in [9.17, 15) is 0 Å². The molecule has 0 fully saturated rings. The normalized spacial score (nSPS) is 12.7. The molecule has 1 aliphatic carbocycles. The molecule has 0 aliphatic heterocycles. The van der Waals surface area contributed by atoms with Gasteiger partial charge in [0.1, 0.15) is 11.2 Å². The van der Waals surface area contributed by atoms with Gasteiger partial charge in [-0.1, -0.05) is 153 Å². The first-order chi connectivity index (χ1) is 29.0. The largest absolute Gasteiger partial charge is 0.456 e. The summed E-state index contributed by atoms with van der Waals surface area (Å²) in [6.45, 7) is 4.76. The minimum atomic E-state index is -0.153. The first-order valence-corrected chi connectivity index (χ1v) is 20.4. The van der Waals surface area contributed by atoms with E-state index >= 15 is 0 Å². The molecule has 1 aromatic heterocycles. The predicted molar refractivity (Wildman–Crippen MR) is 248 cm³/mol. The van der Waals surface area contributed by atoms with Gasteiger partial charge in [-0.15, -0.1) is 0 Å². The molecule has 0 unspecified atom stereocenters. The Morgan fingerprint density at radius 1 is 0.339 bits per heavy atom. The van der Waals surface area contributed by atoms with Crippen molar-refractivity contribution in [3.63, 3.8) is 0 Å². The molecule has 0 saturated heterocycles. The summed E-state index contributed by atoms with van der Waals surface area (Å²) in [5.74, 6) is 0. The lowest BCUT2D eigenvalue weighted by Gasteiger charge is -2.26. The summed E-state index contributed by atoms with van der Waals surface area (Å²) < 4.78 is 6.21. The van der Waals surface area contributed by atoms with Crippen molar-refractivity contribution in [3.05, 3.63) is 223 Å². The first kappa shape index (κ1) is 34.8. The molecule has 0 spiro atoms. The van der Waals surface area contributed by atoms with Gasteiger partial charge in [0.2, 0.25) is 0 Å². The Morgan fingerprint density at radius 2 is 0.814 bits per heavy atom. The van der Waals surface area contributed by atoms with Crippen LogP contribution in [-0.4, -0.2) is 0 Å². The van der Waals surface area contributed by atoms with Gasteiger partial charge in [-0.2, -0.15) is 0 Å². The lowest BCUT2D eigenvalue weighted by molar-refractivity contribution is 0.662. The fourth-order valence-corrected chi connectivity index (χ4v) is 9.33. The van der Waals surface area contributed by atoms with Crippen LogP contribution in [0.4, 0.5) is 17.1 Å². The molecular formula is C57H41NO. The Labute approximate surface area is 345 Å². The lowest BCUT2D eigenvalue weighted by atomic mass is 9.78. The third-order valence-corrected chi connectivity index (χ3v) is 12.2. The van der Waals surface area contributed by atoms with E-state index in [-0.39, 0.29) is 5.41 Å². The molecule has 11 rings (SSSR count). The standard InChI is InChI=1S/C57H41NO/c1-57(2)53-33-27-42(34-51(53)52-36-44(38-14-6-3-7-15-38)35-50(56(52)57)41-16-8-4-9-17-41)39-22-28-46(29-23-39)58(45-18-10-5-11-19-45)47-30-24-40(25-31-47)43-26-32-49-48-20-12-13-21-54(48)59-55(49)37-43/h3-37H,1-2H3. The second-order valence-corrected chi connectivity index (χ2v) is 16.1. The number of hydrogen-bond acceptors (Lipinski definition) is 2. The van der Waals surface area contributed by atoms with Crippen molar-refractivity contribution in [2.24, 2.45) is 0 Å². The van der Waals surface area contributed by atoms with Crippen molar-refractivity contribution in [3.8, 4) is 55.6 Å². The maximum Gasteiger partial charge on any atom is 0.136 e. The molecule has 2 heteroatoms. The monoisotopic (exact) mass is 755 g/mol. The van der Waals surface area contributed by atoms with Crippen molar-refractivity contribution in [1.82, 2.24) is 0 Å². The van der Waals surface area contributed by atoms with Gasteiger partial charge in [-0.25, -0.2) is 0 Å². The molecule has 10 aromatic rings. The lowest BCUT2D eigenvalue weighted by Crippen LogP contribution is -2.16. The number of nitrogens with zero attached hydrogens (tertiary/aromatic N) is 1. The van der Waals surface area contributed by atoms with E-state index in [1.807, 2.05) is 12.1 Å². The summed E-state index contributed by atoms with van der Waals surface area (Å²) in [5, 5.41) is 2.29. The zero-order valence-corrected chi connectivity index (χ0v) is 33.1. The summed E-state index contributed by atoms with van der Waals surface area (Å²) in [7, 11) is 0. The smallest absolute Gasteiger partial charge is 0.136 e. The number of para-hydroxylation sites is 2. The summed E-state index contributed by atoms with van der Waals surface area (Å²) in [4.78, 5) is 2.33. The fourth-order valence-electron chi connectivity index (χ4n) is 9.33. The van der Waals surface area contributed by atoms with E-state index in [1.165, 1.54) is 55.6 Å². The van der Waals surface area contributed by atoms with Crippen LogP contribution in [0.1, 0.15) is 25.0 Å². The van der Waals surface area contributed by atoms with Gasteiger partial charge in [0.05, 0.1) is 0 Å². The molecule has 2 nitrogen and oxygen atoms in total. The van der Waals surface area contributed by atoms with Crippen molar-refractivity contribution in [2.45, 2.75) is 19.3 Å². The van der Waals surface area contributed by atoms with Crippen LogP contribution in [0, 0.1) is 0 Å². The van der Waals surface area contributed by atoms with E-state index in [2.05, 4.69) is 219 Å². The van der Waals surface area contributed by atoms with Gasteiger partial charge < -0.3 is 9.32 Å². The summed E-state index contributed by atoms with van der Waals surface area (Å²) in [5.41, 5.74) is 20.1. The third-order valence-electron chi connectivity index (χ3n) is 12.2. The molecule has 0 radical (unpaired) electrons. The molecule has 1 aliphatic rings. The van der Waals surface area contributed by atoms with E-state index in [4.69, 9.17) is 4.42 Å². The van der Waals surface area contributed by atoms with Crippen LogP contribution in [0.15, 0.2) is 217 Å². The molecule has 0 atom stereocenters. The first-order valence-electron chi connectivity index (χ1n) is 20.4. The fraction of sp³-hybridized carbons (Fsp3) is 0.0526. The topological polar surface area (TPSA) is 16.4 Å². The second-order valence-electron chi connectivity index (χ2n) is 16.1. The van der Waals surface area contributed by atoms with Gasteiger partial charge in [-0.05, 0) is 140 Å². The second kappa shape index (κ2) is 13.9. The van der Waals surface area contributed by atoms with E-state index in [1.54, 1.807) is 0 Å². The molecule has 0 amide bonds. The van der Waals surface area contributed by atoms with Crippen molar-refractivity contribution < 1.29 is 4.42 Å². The number of benzene rings is 9. The molecule has 280 valence electrons. The van der Waals surface area contributed by atoms with Crippen LogP contribution in [0.3, 0.4) is 0 Å². The maximum atomic E-state index is 6.21.